The van der Waals surface area contributed by atoms with Gasteiger partial charge in [0.2, 0.25) is 5.78 Å². The van der Waals surface area contributed by atoms with Crippen molar-refractivity contribution < 1.29 is 37.4 Å². The SMILES string of the molecule is Cc1cc(C(=O)COC(=O)[C@H](C(C)C)N2C(=O)c3ccccc3C2=O)c(C)n1-c1ccc(OC(F)F)cc1. The molecule has 0 saturated heterocycles. The number of alkyl halides is 2. The molecule has 2 heterocycles. The van der Waals surface area contributed by atoms with Crippen molar-refractivity contribution in [2.45, 2.75) is 40.3 Å². The van der Waals surface area contributed by atoms with Crippen LogP contribution in [0.25, 0.3) is 5.69 Å². The van der Waals surface area contributed by atoms with Crippen molar-refractivity contribution in [1.82, 2.24) is 9.47 Å². The number of ether oxygens (including phenoxy) is 2. The van der Waals surface area contributed by atoms with Crippen LogP contribution in [0, 0.1) is 19.8 Å². The first-order valence-electron chi connectivity index (χ1n) is 11.9. The minimum Gasteiger partial charge on any atom is -0.456 e. The zero-order chi connectivity index (χ0) is 27.7. The van der Waals surface area contributed by atoms with Gasteiger partial charge in [-0.05, 0) is 62.2 Å². The number of halogens is 2. The quantitative estimate of drug-likeness (QED) is 0.228. The number of ketones is 1. The zero-order valence-electron chi connectivity index (χ0n) is 21.2. The molecule has 0 bridgehead atoms. The Bertz CT molecular complexity index is 1380. The number of nitrogens with zero attached hydrogens (tertiary/aromatic N) is 2. The van der Waals surface area contributed by atoms with Crippen LogP contribution in [0.1, 0.15) is 56.3 Å². The number of fused-ring (bicyclic) bond motifs is 1. The molecule has 0 N–H and O–H groups in total. The second-order valence-electron chi connectivity index (χ2n) is 9.24. The molecule has 0 radical (unpaired) electrons. The summed E-state index contributed by atoms with van der Waals surface area (Å²) in [4.78, 5) is 52.8. The van der Waals surface area contributed by atoms with Gasteiger partial charge in [-0.3, -0.25) is 19.3 Å². The third kappa shape index (κ3) is 4.93. The Morgan fingerprint density at radius 2 is 1.50 bits per heavy atom. The van der Waals surface area contributed by atoms with Crippen LogP contribution in [0.4, 0.5) is 8.78 Å². The second kappa shape index (κ2) is 10.6. The Kier molecular flexibility index (Phi) is 7.43. The van der Waals surface area contributed by atoms with E-state index in [4.69, 9.17) is 4.74 Å². The molecule has 1 aromatic heterocycles. The first-order valence-corrected chi connectivity index (χ1v) is 11.9. The number of hydrogen-bond acceptors (Lipinski definition) is 6. The summed E-state index contributed by atoms with van der Waals surface area (Å²) in [6, 6.07) is 12.7. The molecule has 198 valence electrons. The number of hydrogen-bond donors (Lipinski definition) is 0. The number of amides is 2. The van der Waals surface area contributed by atoms with Crippen molar-refractivity contribution in [2.75, 3.05) is 6.61 Å². The van der Waals surface area contributed by atoms with Gasteiger partial charge in [0.25, 0.3) is 11.8 Å². The van der Waals surface area contributed by atoms with Crippen LogP contribution >= 0.6 is 0 Å². The maximum Gasteiger partial charge on any atom is 0.387 e. The molecule has 0 fully saturated rings. The standard InChI is InChI=1S/C28H26F2N2O6/c1-15(2)24(32-25(34)20-7-5-6-8-21(20)26(32)35)27(36)37-14-23(33)22-13-16(3)31(17(22)4)18-9-11-19(12-10-18)38-28(29)30/h5-13,15,24,28H,14H2,1-4H3/t24-/m0/s1. The van der Waals surface area contributed by atoms with Gasteiger partial charge in [0.15, 0.2) is 6.61 Å². The highest BCUT2D eigenvalue weighted by molar-refractivity contribution is 6.22. The average Bonchev–Trinajstić information content (AvgIpc) is 3.30. The van der Waals surface area contributed by atoms with Crippen LogP contribution in [0.3, 0.4) is 0 Å². The van der Waals surface area contributed by atoms with Crippen LogP contribution in [-0.4, -0.2) is 52.3 Å². The van der Waals surface area contributed by atoms with Crippen LogP contribution in [0.2, 0.25) is 0 Å². The molecule has 2 amide bonds. The Balaban J connectivity index is 1.49. The van der Waals surface area contributed by atoms with Crippen LogP contribution in [0.15, 0.2) is 54.6 Å². The summed E-state index contributed by atoms with van der Waals surface area (Å²) in [5.74, 6) is -2.94. The molecule has 2 aromatic carbocycles. The minimum absolute atomic E-state index is 0.00666. The number of esters is 1. The Hall–Kier alpha value is -4.34. The van der Waals surface area contributed by atoms with E-state index in [1.165, 1.54) is 24.3 Å². The smallest absolute Gasteiger partial charge is 0.387 e. The zero-order valence-corrected chi connectivity index (χ0v) is 21.2. The molecule has 1 aliphatic heterocycles. The van der Waals surface area contributed by atoms with E-state index in [2.05, 4.69) is 4.74 Å². The fourth-order valence-corrected chi connectivity index (χ4v) is 4.66. The third-order valence-corrected chi connectivity index (χ3v) is 6.37. The topological polar surface area (TPSA) is 94.9 Å². The van der Waals surface area contributed by atoms with Crippen LogP contribution < -0.4 is 4.74 Å². The fraction of sp³-hybridized carbons (Fsp3) is 0.286. The molecule has 4 rings (SSSR count). The van der Waals surface area contributed by atoms with Gasteiger partial charge >= 0.3 is 12.6 Å². The highest BCUT2D eigenvalue weighted by Gasteiger charge is 2.44. The number of benzene rings is 2. The summed E-state index contributed by atoms with van der Waals surface area (Å²) in [6.07, 6.45) is 0. The maximum absolute atomic E-state index is 13.0. The van der Waals surface area contributed by atoms with E-state index in [0.29, 0.717) is 22.6 Å². The predicted octanol–water partition coefficient (Wildman–Crippen LogP) is 4.74. The molecule has 1 aliphatic rings. The highest BCUT2D eigenvalue weighted by Crippen LogP contribution is 2.28. The van der Waals surface area contributed by atoms with Gasteiger partial charge in [-0.1, -0.05) is 26.0 Å². The number of imide groups is 1. The molecule has 0 unspecified atom stereocenters. The summed E-state index contributed by atoms with van der Waals surface area (Å²) >= 11 is 0. The summed E-state index contributed by atoms with van der Waals surface area (Å²) in [5, 5.41) is 0. The molecule has 10 heteroatoms. The van der Waals surface area contributed by atoms with Gasteiger partial charge in [-0.25, -0.2) is 4.79 Å². The lowest BCUT2D eigenvalue weighted by Gasteiger charge is -2.27. The predicted molar refractivity (Wildman–Crippen MR) is 133 cm³/mol. The van der Waals surface area contributed by atoms with Gasteiger partial charge in [0.1, 0.15) is 11.8 Å². The van der Waals surface area contributed by atoms with Crippen molar-refractivity contribution in [1.29, 1.82) is 0 Å². The van der Waals surface area contributed by atoms with Gasteiger partial charge in [-0.2, -0.15) is 8.78 Å². The van der Waals surface area contributed by atoms with Crippen molar-refractivity contribution in [3.05, 3.63) is 82.7 Å². The molecule has 0 spiro atoms. The van der Waals surface area contributed by atoms with Crippen LogP contribution in [-0.2, 0) is 9.53 Å². The highest BCUT2D eigenvalue weighted by atomic mass is 19.3. The summed E-state index contributed by atoms with van der Waals surface area (Å²) < 4.78 is 36.3. The summed E-state index contributed by atoms with van der Waals surface area (Å²) in [5.41, 5.74) is 2.63. The number of rotatable bonds is 9. The molecule has 0 aliphatic carbocycles. The Labute approximate surface area is 217 Å². The van der Waals surface area contributed by atoms with E-state index in [0.717, 1.165) is 4.90 Å². The van der Waals surface area contributed by atoms with E-state index in [1.54, 1.807) is 62.6 Å². The number of aryl methyl sites for hydroxylation is 1. The van der Waals surface area contributed by atoms with Gasteiger partial charge in [0, 0.05) is 22.6 Å². The second-order valence-corrected chi connectivity index (χ2v) is 9.24. The average molecular weight is 525 g/mol. The number of carbonyl (C=O) groups is 4. The number of aromatic nitrogens is 1. The molecule has 8 nitrogen and oxygen atoms in total. The monoisotopic (exact) mass is 524 g/mol. The lowest BCUT2D eigenvalue weighted by atomic mass is 10.0. The van der Waals surface area contributed by atoms with Gasteiger partial charge < -0.3 is 14.0 Å². The number of Topliss-reactive ketones (excluding diaryl/α,β-unsaturated/α-hetero) is 1. The van der Waals surface area contributed by atoms with Crippen molar-refractivity contribution in [2.24, 2.45) is 5.92 Å². The van der Waals surface area contributed by atoms with Crippen molar-refractivity contribution >= 4 is 23.6 Å². The van der Waals surface area contributed by atoms with Crippen molar-refractivity contribution in [3.63, 3.8) is 0 Å². The molecular formula is C28H26F2N2O6. The van der Waals surface area contributed by atoms with E-state index in [-0.39, 0.29) is 16.9 Å². The Morgan fingerprint density at radius 3 is 2.03 bits per heavy atom. The van der Waals surface area contributed by atoms with Crippen molar-refractivity contribution in [3.8, 4) is 11.4 Å². The molecule has 0 saturated carbocycles. The first kappa shape index (κ1) is 26.7. The summed E-state index contributed by atoms with van der Waals surface area (Å²) in [7, 11) is 0. The first-order chi connectivity index (χ1) is 18.0. The number of carbonyl (C=O) groups excluding carboxylic acids is 4. The van der Waals surface area contributed by atoms with E-state index in [1.807, 2.05) is 0 Å². The van der Waals surface area contributed by atoms with Crippen LogP contribution in [0.5, 0.6) is 5.75 Å². The van der Waals surface area contributed by atoms with E-state index >= 15 is 0 Å². The normalized spacial score (nSPS) is 13.7. The van der Waals surface area contributed by atoms with Gasteiger partial charge in [0.05, 0.1) is 11.1 Å². The molecule has 3 aromatic rings. The van der Waals surface area contributed by atoms with E-state index < -0.39 is 48.7 Å². The lowest BCUT2D eigenvalue weighted by Crippen LogP contribution is -2.49. The fourth-order valence-electron chi connectivity index (χ4n) is 4.66. The van der Waals surface area contributed by atoms with E-state index in [9.17, 15) is 28.0 Å². The maximum atomic E-state index is 13.0. The molecule has 1 atom stereocenters. The molecule has 38 heavy (non-hydrogen) atoms. The Morgan fingerprint density at radius 1 is 0.921 bits per heavy atom. The minimum atomic E-state index is -2.94. The van der Waals surface area contributed by atoms with Gasteiger partial charge in [-0.15, -0.1) is 0 Å². The lowest BCUT2D eigenvalue weighted by molar-refractivity contribution is -0.148. The summed E-state index contributed by atoms with van der Waals surface area (Å²) in [6.45, 7) is 3.33. The molecular weight excluding hydrogens is 498 g/mol. The largest absolute Gasteiger partial charge is 0.456 e. The third-order valence-electron chi connectivity index (χ3n) is 6.37.